The molecule has 5 heteroatoms. The van der Waals surface area contributed by atoms with Crippen LogP contribution in [-0.4, -0.2) is 34.2 Å². The summed E-state index contributed by atoms with van der Waals surface area (Å²) in [5, 5.41) is 12.0. The molecular weight excluding hydrogens is 324 g/mol. The van der Waals surface area contributed by atoms with Crippen molar-refractivity contribution < 1.29 is 5.11 Å². The first kappa shape index (κ1) is 16.1. The Bertz CT molecular complexity index is 839. The fourth-order valence-corrected chi connectivity index (χ4v) is 4.95. The molecule has 6 rings (SSSR count). The summed E-state index contributed by atoms with van der Waals surface area (Å²) >= 11 is 0. The lowest BCUT2D eigenvalue weighted by Crippen LogP contribution is -2.50. The Kier molecular flexibility index (Phi) is 3.94. The molecule has 128 valence electrons. The van der Waals surface area contributed by atoms with Gasteiger partial charge in [-0.3, -0.25) is 4.79 Å². The lowest BCUT2D eigenvalue weighted by atomic mass is 9.83. The normalized spacial score (nSPS) is 31.0. The monoisotopic (exact) mass is 346 g/mol. The first-order valence-electron chi connectivity index (χ1n) is 8.79. The van der Waals surface area contributed by atoms with Gasteiger partial charge in [0.25, 0.3) is 5.56 Å². The van der Waals surface area contributed by atoms with Crippen LogP contribution in [0.25, 0.3) is 10.8 Å². The predicted molar refractivity (Wildman–Crippen MR) is 96.9 cm³/mol. The Morgan fingerprint density at radius 1 is 1.12 bits per heavy atom. The van der Waals surface area contributed by atoms with Crippen LogP contribution in [0.3, 0.4) is 0 Å². The van der Waals surface area contributed by atoms with Crippen LogP contribution in [0, 0.1) is 5.92 Å². The Morgan fingerprint density at radius 2 is 1.92 bits per heavy atom. The summed E-state index contributed by atoms with van der Waals surface area (Å²) in [4.78, 5) is 15.6. The van der Waals surface area contributed by atoms with Crippen molar-refractivity contribution in [2.24, 2.45) is 5.92 Å². The third-order valence-electron chi connectivity index (χ3n) is 6.20. The highest BCUT2D eigenvalue weighted by Crippen LogP contribution is 2.38. The predicted octanol–water partition coefficient (Wildman–Crippen LogP) is 2.67. The Balaban J connectivity index is 0.00000146. The molecule has 4 nitrogen and oxygen atoms in total. The van der Waals surface area contributed by atoms with Crippen LogP contribution in [-0.2, 0) is 6.42 Å². The van der Waals surface area contributed by atoms with Gasteiger partial charge in [-0.2, -0.15) is 0 Å². The maximum absolute atomic E-state index is 13.1. The van der Waals surface area contributed by atoms with Crippen molar-refractivity contribution in [3.63, 3.8) is 0 Å². The van der Waals surface area contributed by atoms with Gasteiger partial charge in [0.2, 0.25) is 0 Å². The second kappa shape index (κ2) is 5.87. The number of piperidine rings is 3. The number of hydrogen-bond donors (Lipinski definition) is 1. The lowest BCUT2D eigenvalue weighted by Gasteiger charge is -2.45. The molecule has 0 spiro atoms. The maximum atomic E-state index is 13.1. The van der Waals surface area contributed by atoms with Crippen LogP contribution >= 0.6 is 12.4 Å². The SMILES string of the molecule is Cl.O=c1c2cccc3c2c(cn1[C@@H]1CN2CCC1CC2)CC[C@H]3O. The molecule has 1 N–H and O–H groups in total. The number of aliphatic hydroxyl groups excluding tert-OH is 1. The Morgan fingerprint density at radius 3 is 2.62 bits per heavy atom. The number of pyridine rings is 1. The molecule has 2 bridgehead atoms. The van der Waals surface area contributed by atoms with Crippen molar-refractivity contribution in [3.8, 4) is 0 Å². The first-order valence-corrected chi connectivity index (χ1v) is 8.79. The average molecular weight is 347 g/mol. The summed E-state index contributed by atoms with van der Waals surface area (Å²) in [6.45, 7) is 3.39. The van der Waals surface area contributed by atoms with Gasteiger partial charge in [-0.25, -0.2) is 0 Å². The topological polar surface area (TPSA) is 45.5 Å². The van der Waals surface area contributed by atoms with E-state index in [0.717, 1.165) is 35.7 Å². The standard InChI is InChI=1S/C19H22N2O2.ClH/c22-17-5-4-13-10-21(16-11-20-8-6-12(16)7-9-20)19(23)15-3-1-2-14(17)18(13)15;/h1-3,10,12,16-17,22H,4-9,11H2;1H/t16-,17-;/m1./s1. The van der Waals surface area contributed by atoms with Crippen molar-refractivity contribution in [3.05, 3.63) is 45.9 Å². The van der Waals surface area contributed by atoms with Gasteiger partial charge < -0.3 is 14.6 Å². The number of hydrogen-bond acceptors (Lipinski definition) is 3. The number of nitrogens with zero attached hydrogens (tertiary/aromatic N) is 2. The number of fused-ring (bicyclic) bond motifs is 3. The first-order chi connectivity index (χ1) is 11.2. The van der Waals surface area contributed by atoms with Crippen molar-refractivity contribution in [2.75, 3.05) is 19.6 Å². The van der Waals surface area contributed by atoms with E-state index in [-0.39, 0.29) is 18.0 Å². The summed E-state index contributed by atoms with van der Waals surface area (Å²) in [5.41, 5.74) is 2.29. The molecule has 4 aliphatic rings. The van der Waals surface area contributed by atoms with Gasteiger partial charge in [0.05, 0.1) is 12.1 Å². The van der Waals surface area contributed by atoms with Crippen LogP contribution in [0.5, 0.6) is 0 Å². The van der Waals surface area contributed by atoms with Crippen LogP contribution in [0.15, 0.2) is 29.2 Å². The number of benzene rings is 1. The molecule has 0 saturated carbocycles. The van der Waals surface area contributed by atoms with Crippen molar-refractivity contribution in [1.29, 1.82) is 0 Å². The molecular formula is C19H23ClN2O2. The minimum Gasteiger partial charge on any atom is -0.388 e. The summed E-state index contributed by atoms with van der Waals surface area (Å²) in [5.74, 6) is 0.639. The summed E-state index contributed by atoms with van der Waals surface area (Å²) in [6, 6.07) is 6.13. The van der Waals surface area contributed by atoms with Crippen molar-refractivity contribution >= 4 is 23.2 Å². The lowest BCUT2D eigenvalue weighted by molar-refractivity contribution is 0.0555. The zero-order valence-corrected chi connectivity index (χ0v) is 14.5. The fourth-order valence-electron chi connectivity index (χ4n) is 4.95. The van der Waals surface area contributed by atoms with Crippen molar-refractivity contribution in [1.82, 2.24) is 9.47 Å². The van der Waals surface area contributed by atoms with Gasteiger partial charge in [-0.05, 0) is 67.3 Å². The molecule has 1 aromatic heterocycles. The number of aromatic nitrogens is 1. The molecule has 2 atom stereocenters. The summed E-state index contributed by atoms with van der Waals surface area (Å²) < 4.78 is 2.02. The van der Waals surface area contributed by atoms with E-state index >= 15 is 0 Å². The smallest absolute Gasteiger partial charge is 0.258 e. The molecule has 1 aromatic carbocycles. The molecule has 4 heterocycles. The fraction of sp³-hybridized carbons (Fsp3) is 0.526. The minimum atomic E-state index is -0.432. The van der Waals surface area contributed by atoms with E-state index in [4.69, 9.17) is 0 Å². The molecule has 3 saturated heterocycles. The maximum Gasteiger partial charge on any atom is 0.258 e. The number of aryl methyl sites for hydroxylation is 1. The molecule has 3 fully saturated rings. The zero-order valence-electron chi connectivity index (χ0n) is 13.6. The van der Waals surface area contributed by atoms with E-state index in [1.807, 2.05) is 22.8 Å². The third kappa shape index (κ3) is 2.24. The van der Waals surface area contributed by atoms with Crippen molar-refractivity contribution in [2.45, 2.75) is 37.8 Å². The van der Waals surface area contributed by atoms with Crippen LogP contribution in [0.2, 0.25) is 0 Å². The molecule has 0 amide bonds. The minimum absolute atomic E-state index is 0. The summed E-state index contributed by atoms with van der Waals surface area (Å²) in [7, 11) is 0. The zero-order chi connectivity index (χ0) is 15.6. The third-order valence-corrected chi connectivity index (χ3v) is 6.20. The molecule has 2 aromatic rings. The van der Waals surface area contributed by atoms with E-state index < -0.39 is 6.10 Å². The molecule has 0 radical (unpaired) electrons. The summed E-state index contributed by atoms with van der Waals surface area (Å²) in [6.07, 6.45) is 5.71. The second-order valence-electron chi connectivity index (χ2n) is 7.40. The van der Waals surface area contributed by atoms with E-state index in [0.29, 0.717) is 12.0 Å². The van der Waals surface area contributed by atoms with E-state index in [1.165, 1.54) is 31.5 Å². The molecule has 24 heavy (non-hydrogen) atoms. The van der Waals surface area contributed by atoms with Gasteiger partial charge >= 0.3 is 0 Å². The molecule has 0 unspecified atom stereocenters. The average Bonchev–Trinajstić information content (AvgIpc) is 2.61. The quantitative estimate of drug-likeness (QED) is 0.863. The highest BCUT2D eigenvalue weighted by molar-refractivity contribution is 5.89. The number of aliphatic hydroxyl groups is 1. The Hall–Kier alpha value is -1.36. The highest BCUT2D eigenvalue weighted by Gasteiger charge is 2.36. The van der Waals surface area contributed by atoms with E-state index in [9.17, 15) is 9.90 Å². The van der Waals surface area contributed by atoms with Crippen LogP contribution in [0.1, 0.15) is 42.5 Å². The van der Waals surface area contributed by atoms with Gasteiger partial charge in [0.15, 0.2) is 0 Å². The second-order valence-corrected chi connectivity index (χ2v) is 7.40. The van der Waals surface area contributed by atoms with E-state index in [1.54, 1.807) is 0 Å². The molecule has 1 aliphatic carbocycles. The number of rotatable bonds is 1. The van der Waals surface area contributed by atoms with E-state index in [2.05, 4.69) is 11.1 Å². The van der Waals surface area contributed by atoms with Gasteiger partial charge in [-0.1, -0.05) is 12.1 Å². The van der Waals surface area contributed by atoms with Gasteiger partial charge in [0, 0.05) is 18.1 Å². The molecule has 3 aliphatic heterocycles. The number of halogens is 1. The van der Waals surface area contributed by atoms with Crippen LogP contribution in [0.4, 0.5) is 0 Å². The highest BCUT2D eigenvalue weighted by atomic mass is 35.5. The largest absolute Gasteiger partial charge is 0.388 e. The Labute approximate surface area is 147 Å². The van der Waals surface area contributed by atoms with Crippen LogP contribution < -0.4 is 5.56 Å². The van der Waals surface area contributed by atoms with Gasteiger partial charge in [0.1, 0.15) is 0 Å². The van der Waals surface area contributed by atoms with Gasteiger partial charge in [-0.15, -0.1) is 12.4 Å².